The van der Waals surface area contributed by atoms with Gasteiger partial charge in [-0.15, -0.1) is 10.2 Å². The molecule has 6 nitrogen and oxygen atoms in total. The third kappa shape index (κ3) is 6.21. The van der Waals surface area contributed by atoms with Gasteiger partial charge in [-0.1, -0.05) is 55.1 Å². The van der Waals surface area contributed by atoms with Crippen molar-refractivity contribution < 1.29 is 9.53 Å². The highest BCUT2D eigenvalue weighted by Crippen LogP contribution is 2.26. The van der Waals surface area contributed by atoms with Crippen LogP contribution in [0.5, 0.6) is 5.75 Å². The van der Waals surface area contributed by atoms with Crippen molar-refractivity contribution >= 4 is 34.1 Å². The number of nitrogens with zero attached hydrogens (tertiary/aromatic N) is 3. The van der Waals surface area contributed by atoms with Gasteiger partial charge in [0, 0.05) is 25.7 Å². The number of thioether (sulfide) groups is 1. The van der Waals surface area contributed by atoms with Crippen LogP contribution < -0.4 is 10.1 Å². The van der Waals surface area contributed by atoms with Crippen LogP contribution in [0.15, 0.2) is 28.6 Å². The van der Waals surface area contributed by atoms with E-state index in [4.69, 9.17) is 4.74 Å². The number of rotatable bonds is 9. The van der Waals surface area contributed by atoms with Gasteiger partial charge in [-0.25, -0.2) is 0 Å². The molecule has 2 aromatic rings. The van der Waals surface area contributed by atoms with E-state index in [9.17, 15) is 4.79 Å². The molecule has 0 unspecified atom stereocenters. The Morgan fingerprint density at radius 3 is 2.84 bits per heavy atom. The molecule has 0 saturated carbocycles. The molecule has 0 aliphatic carbocycles. The lowest BCUT2D eigenvalue weighted by atomic mass is 10.2. The fourth-order valence-corrected chi connectivity index (χ4v) is 3.74. The molecular weight excluding hydrogens is 356 g/mol. The highest BCUT2D eigenvalue weighted by molar-refractivity contribution is 8.01. The number of anilines is 1. The van der Waals surface area contributed by atoms with Gasteiger partial charge in [0.25, 0.3) is 0 Å². The first-order valence-corrected chi connectivity index (χ1v) is 9.85. The number of ether oxygens (including phenoxy) is 1. The molecule has 1 aromatic carbocycles. The number of nitrogens with one attached hydrogen (secondary N) is 1. The molecule has 8 heteroatoms. The minimum Gasteiger partial charge on any atom is -0.496 e. The Morgan fingerprint density at radius 2 is 2.12 bits per heavy atom. The molecule has 0 radical (unpaired) electrons. The standard InChI is InChI=1S/C17H24N4O2S2/c1-12(2)9-18-16-19-20-17(25-16)24-11-15(22)21(3)10-13-7-5-6-8-14(13)23-4/h5-8,12H,9-11H2,1-4H3,(H,18,19). The van der Waals surface area contributed by atoms with Crippen LogP contribution in [-0.4, -0.2) is 47.5 Å². The second-order valence-corrected chi connectivity index (χ2v) is 8.20. The fourth-order valence-electron chi connectivity index (χ4n) is 2.04. The molecule has 0 spiro atoms. The van der Waals surface area contributed by atoms with E-state index in [0.29, 0.717) is 18.2 Å². The van der Waals surface area contributed by atoms with E-state index in [1.807, 2.05) is 24.3 Å². The van der Waals surface area contributed by atoms with Crippen molar-refractivity contribution in [2.24, 2.45) is 5.92 Å². The number of benzene rings is 1. The molecule has 0 fully saturated rings. The fraction of sp³-hybridized carbons (Fsp3) is 0.471. The Bertz CT molecular complexity index is 691. The first kappa shape index (κ1) is 19.5. The Kier molecular flexibility index (Phi) is 7.52. The summed E-state index contributed by atoms with van der Waals surface area (Å²) >= 11 is 2.89. The summed E-state index contributed by atoms with van der Waals surface area (Å²) < 4.78 is 6.13. The van der Waals surface area contributed by atoms with E-state index in [-0.39, 0.29) is 5.91 Å². The van der Waals surface area contributed by atoms with Crippen molar-refractivity contribution in [3.05, 3.63) is 29.8 Å². The minimum absolute atomic E-state index is 0.0443. The van der Waals surface area contributed by atoms with E-state index in [0.717, 1.165) is 27.3 Å². The molecule has 136 valence electrons. The summed E-state index contributed by atoms with van der Waals surface area (Å²) in [5.74, 6) is 1.72. The van der Waals surface area contributed by atoms with Gasteiger partial charge < -0.3 is 15.0 Å². The van der Waals surface area contributed by atoms with Gasteiger partial charge in [0.2, 0.25) is 11.0 Å². The van der Waals surface area contributed by atoms with E-state index < -0.39 is 0 Å². The maximum Gasteiger partial charge on any atom is 0.233 e. The topological polar surface area (TPSA) is 67.3 Å². The first-order valence-electron chi connectivity index (χ1n) is 8.05. The SMILES string of the molecule is COc1ccccc1CN(C)C(=O)CSc1nnc(NCC(C)C)s1. The highest BCUT2D eigenvalue weighted by atomic mass is 32.2. The quantitative estimate of drug-likeness (QED) is 0.673. The maximum absolute atomic E-state index is 12.3. The van der Waals surface area contributed by atoms with E-state index in [1.165, 1.54) is 23.1 Å². The zero-order chi connectivity index (χ0) is 18.2. The molecule has 1 heterocycles. The van der Waals surface area contributed by atoms with Gasteiger partial charge in [0.1, 0.15) is 5.75 Å². The Hall–Kier alpha value is -1.80. The lowest BCUT2D eigenvalue weighted by Gasteiger charge is -2.18. The molecule has 0 saturated heterocycles. The summed E-state index contributed by atoms with van der Waals surface area (Å²) in [5.41, 5.74) is 0.988. The van der Waals surface area contributed by atoms with Gasteiger partial charge in [0.15, 0.2) is 4.34 Å². The normalized spacial score (nSPS) is 10.8. The van der Waals surface area contributed by atoms with Crippen molar-refractivity contribution in [2.75, 3.05) is 31.8 Å². The lowest BCUT2D eigenvalue weighted by molar-refractivity contribution is -0.127. The number of carbonyl (C=O) groups excluding carboxylic acids is 1. The number of hydrogen-bond acceptors (Lipinski definition) is 7. The summed E-state index contributed by atoms with van der Waals surface area (Å²) in [6.07, 6.45) is 0. The number of amides is 1. The summed E-state index contributed by atoms with van der Waals surface area (Å²) in [4.78, 5) is 14.0. The predicted molar refractivity (Wildman–Crippen MR) is 103 cm³/mol. The smallest absolute Gasteiger partial charge is 0.233 e. The zero-order valence-corrected chi connectivity index (χ0v) is 16.6. The van der Waals surface area contributed by atoms with Crippen LogP contribution in [0.2, 0.25) is 0 Å². The number of aromatic nitrogens is 2. The van der Waals surface area contributed by atoms with Crippen molar-refractivity contribution in [2.45, 2.75) is 24.7 Å². The molecule has 0 aliphatic rings. The maximum atomic E-state index is 12.3. The molecule has 1 N–H and O–H groups in total. The number of hydrogen-bond donors (Lipinski definition) is 1. The molecule has 0 aliphatic heterocycles. The average molecular weight is 381 g/mol. The number of carbonyl (C=O) groups is 1. The molecule has 25 heavy (non-hydrogen) atoms. The third-order valence-corrected chi connectivity index (χ3v) is 5.41. The van der Waals surface area contributed by atoms with Crippen molar-refractivity contribution in [3.8, 4) is 5.75 Å². The van der Waals surface area contributed by atoms with Gasteiger partial charge in [-0.05, 0) is 12.0 Å². The number of methoxy groups -OCH3 is 1. The molecular formula is C17H24N4O2S2. The van der Waals surface area contributed by atoms with E-state index in [1.54, 1.807) is 19.1 Å². The average Bonchev–Trinajstić information content (AvgIpc) is 3.06. The lowest BCUT2D eigenvalue weighted by Crippen LogP contribution is -2.27. The van der Waals surface area contributed by atoms with Crippen LogP contribution in [-0.2, 0) is 11.3 Å². The van der Waals surface area contributed by atoms with Gasteiger partial charge in [-0.2, -0.15) is 0 Å². The van der Waals surface area contributed by atoms with Crippen LogP contribution in [0.1, 0.15) is 19.4 Å². The Labute approximate surface area is 157 Å². The highest BCUT2D eigenvalue weighted by Gasteiger charge is 2.14. The summed E-state index contributed by atoms with van der Waals surface area (Å²) in [7, 11) is 3.43. The Balaban J connectivity index is 1.83. The monoisotopic (exact) mass is 380 g/mol. The second-order valence-electron chi connectivity index (χ2n) is 6.00. The van der Waals surface area contributed by atoms with Crippen molar-refractivity contribution in [1.29, 1.82) is 0 Å². The van der Waals surface area contributed by atoms with Crippen LogP contribution in [0, 0.1) is 5.92 Å². The van der Waals surface area contributed by atoms with Crippen molar-refractivity contribution in [1.82, 2.24) is 15.1 Å². The van der Waals surface area contributed by atoms with E-state index in [2.05, 4.69) is 29.4 Å². The van der Waals surface area contributed by atoms with Gasteiger partial charge in [0.05, 0.1) is 12.9 Å². The molecule has 1 aromatic heterocycles. The number of para-hydroxylation sites is 1. The molecule has 0 atom stereocenters. The Morgan fingerprint density at radius 1 is 1.36 bits per heavy atom. The molecule has 0 bridgehead atoms. The predicted octanol–water partition coefficient (Wildman–Crippen LogP) is 3.37. The van der Waals surface area contributed by atoms with Gasteiger partial charge in [-0.3, -0.25) is 4.79 Å². The van der Waals surface area contributed by atoms with E-state index >= 15 is 0 Å². The summed E-state index contributed by atoms with van der Waals surface area (Å²) in [6, 6.07) is 7.72. The minimum atomic E-state index is 0.0443. The van der Waals surface area contributed by atoms with Crippen LogP contribution in [0.25, 0.3) is 0 Å². The zero-order valence-electron chi connectivity index (χ0n) is 15.0. The van der Waals surface area contributed by atoms with Crippen molar-refractivity contribution in [3.63, 3.8) is 0 Å². The third-order valence-electron chi connectivity index (χ3n) is 3.41. The van der Waals surface area contributed by atoms with Crippen LogP contribution in [0.4, 0.5) is 5.13 Å². The second kappa shape index (κ2) is 9.62. The summed E-state index contributed by atoms with van der Waals surface area (Å²) in [5, 5.41) is 12.3. The van der Waals surface area contributed by atoms with Crippen LogP contribution >= 0.6 is 23.1 Å². The molecule has 1 amide bonds. The largest absolute Gasteiger partial charge is 0.496 e. The van der Waals surface area contributed by atoms with Gasteiger partial charge >= 0.3 is 0 Å². The van der Waals surface area contributed by atoms with Crippen LogP contribution in [0.3, 0.4) is 0 Å². The first-order chi connectivity index (χ1) is 12.0. The summed E-state index contributed by atoms with van der Waals surface area (Å²) in [6.45, 7) is 5.65. The molecule has 2 rings (SSSR count).